The number of nitrogens with zero attached hydrogens (tertiary/aromatic N) is 1. The van der Waals surface area contributed by atoms with E-state index in [1.54, 1.807) is 11.8 Å². The maximum Gasteiger partial charge on any atom is 0.234 e. The summed E-state index contributed by atoms with van der Waals surface area (Å²) in [7, 11) is 2.05. The number of rotatable bonds is 3. The van der Waals surface area contributed by atoms with E-state index in [2.05, 4.69) is 22.3 Å². The number of hydrogen-bond acceptors (Lipinski definition) is 4. The Morgan fingerprint density at radius 3 is 3.00 bits per heavy atom. The van der Waals surface area contributed by atoms with E-state index < -0.39 is 0 Å². The van der Waals surface area contributed by atoms with Gasteiger partial charge in [0.2, 0.25) is 5.91 Å². The molecule has 0 atom stereocenters. The van der Waals surface area contributed by atoms with Crippen molar-refractivity contribution < 1.29 is 4.79 Å². The first-order valence-corrected chi connectivity index (χ1v) is 7.11. The van der Waals surface area contributed by atoms with Crippen LogP contribution in [0.1, 0.15) is 12.8 Å². The zero-order valence-corrected chi connectivity index (χ0v) is 11.2. The lowest BCUT2D eigenvalue weighted by Crippen LogP contribution is -2.37. The molecule has 1 aromatic rings. The van der Waals surface area contributed by atoms with Gasteiger partial charge in [-0.25, -0.2) is 0 Å². The third-order valence-electron chi connectivity index (χ3n) is 3.48. The molecule has 1 saturated carbocycles. The van der Waals surface area contributed by atoms with E-state index in [0.717, 1.165) is 35.7 Å². The van der Waals surface area contributed by atoms with Crippen LogP contribution in [0.5, 0.6) is 0 Å². The van der Waals surface area contributed by atoms with Gasteiger partial charge in [-0.1, -0.05) is 0 Å². The van der Waals surface area contributed by atoms with Crippen molar-refractivity contribution in [2.75, 3.05) is 29.6 Å². The molecule has 3 rings (SSSR count). The fourth-order valence-corrected chi connectivity index (χ4v) is 2.98. The molecule has 0 aromatic heterocycles. The van der Waals surface area contributed by atoms with Crippen LogP contribution in [0.15, 0.2) is 23.1 Å². The van der Waals surface area contributed by atoms with E-state index in [1.165, 1.54) is 0 Å². The Hall–Kier alpha value is -1.20. The number of hydrogen-bond donors (Lipinski definition) is 2. The second-order valence-corrected chi connectivity index (χ2v) is 6.25. The van der Waals surface area contributed by atoms with Gasteiger partial charge < -0.3 is 16.0 Å². The standard InChI is InChI=1S/C13H17N3OS/c1-16(8-13(14)4-5-13)9-2-3-11-10(6-9)15-12(17)7-18-11/h2-3,6H,4-5,7-8,14H2,1H3,(H,15,17). The summed E-state index contributed by atoms with van der Waals surface area (Å²) in [4.78, 5) is 14.7. The zero-order valence-electron chi connectivity index (χ0n) is 10.4. The van der Waals surface area contributed by atoms with Gasteiger partial charge in [0.25, 0.3) is 0 Å². The molecule has 1 amide bonds. The number of carbonyl (C=O) groups is 1. The Morgan fingerprint density at radius 1 is 1.50 bits per heavy atom. The summed E-state index contributed by atoms with van der Waals surface area (Å²) in [5, 5.41) is 2.92. The average molecular weight is 263 g/mol. The molecule has 18 heavy (non-hydrogen) atoms. The summed E-state index contributed by atoms with van der Waals surface area (Å²) in [6.07, 6.45) is 2.21. The molecule has 1 aliphatic heterocycles. The number of amides is 1. The molecular formula is C13H17N3OS. The summed E-state index contributed by atoms with van der Waals surface area (Å²) in [6, 6.07) is 6.20. The maximum atomic E-state index is 11.4. The second kappa shape index (κ2) is 4.17. The van der Waals surface area contributed by atoms with E-state index in [0.29, 0.717) is 5.75 Å². The van der Waals surface area contributed by atoms with Crippen LogP contribution in [0.3, 0.4) is 0 Å². The highest BCUT2D eigenvalue weighted by molar-refractivity contribution is 8.00. The first kappa shape index (κ1) is 11.9. The van der Waals surface area contributed by atoms with Gasteiger partial charge in [0, 0.05) is 29.7 Å². The Kier molecular flexibility index (Phi) is 2.75. The van der Waals surface area contributed by atoms with Gasteiger partial charge in [0.05, 0.1) is 11.4 Å². The molecule has 0 radical (unpaired) electrons. The fraction of sp³-hybridized carbons (Fsp3) is 0.462. The highest BCUT2D eigenvalue weighted by Gasteiger charge is 2.39. The zero-order chi connectivity index (χ0) is 12.8. The van der Waals surface area contributed by atoms with Gasteiger partial charge in [-0.05, 0) is 31.0 Å². The van der Waals surface area contributed by atoms with Crippen LogP contribution in [0.4, 0.5) is 11.4 Å². The lowest BCUT2D eigenvalue weighted by Gasteiger charge is -2.25. The predicted molar refractivity (Wildman–Crippen MR) is 75.2 cm³/mol. The number of nitrogens with one attached hydrogen (secondary N) is 1. The number of likely N-dealkylation sites (N-methyl/N-ethyl adjacent to an activating group) is 1. The van der Waals surface area contributed by atoms with Gasteiger partial charge in [-0.2, -0.15) is 0 Å². The van der Waals surface area contributed by atoms with Crippen molar-refractivity contribution in [2.24, 2.45) is 5.73 Å². The fourth-order valence-electron chi connectivity index (χ4n) is 2.19. The van der Waals surface area contributed by atoms with Crippen LogP contribution in [0.2, 0.25) is 0 Å². The van der Waals surface area contributed by atoms with Crippen molar-refractivity contribution in [3.63, 3.8) is 0 Å². The molecule has 1 aromatic carbocycles. The topological polar surface area (TPSA) is 58.4 Å². The molecule has 0 unspecified atom stereocenters. The normalized spacial score (nSPS) is 20.0. The molecule has 4 nitrogen and oxygen atoms in total. The van der Waals surface area contributed by atoms with E-state index in [9.17, 15) is 4.79 Å². The minimum atomic E-state index is 0.00263. The quantitative estimate of drug-likeness (QED) is 0.871. The lowest BCUT2D eigenvalue weighted by molar-refractivity contribution is -0.113. The van der Waals surface area contributed by atoms with Crippen molar-refractivity contribution in [2.45, 2.75) is 23.3 Å². The third kappa shape index (κ3) is 2.33. The number of carbonyl (C=O) groups excluding carboxylic acids is 1. The molecule has 96 valence electrons. The first-order valence-electron chi connectivity index (χ1n) is 6.12. The molecule has 0 spiro atoms. The Bertz CT molecular complexity index is 499. The Morgan fingerprint density at radius 2 is 2.28 bits per heavy atom. The van der Waals surface area contributed by atoms with Crippen molar-refractivity contribution in [1.29, 1.82) is 0 Å². The van der Waals surface area contributed by atoms with Crippen LogP contribution in [0, 0.1) is 0 Å². The Balaban J connectivity index is 1.80. The molecule has 1 fully saturated rings. The van der Waals surface area contributed by atoms with Crippen LogP contribution in [-0.2, 0) is 4.79 Å². The summed E-state index contributed by atoms with van der Waals surface area (Å²) >= 11 is 1.59. The number of benzene rings is 1. The Labute approximate surface area is 111 Å². The number of nitrogens with two attached hydrogens (primary N) is 1. The SMILES string of the molecule is CN(CC1(N)CC1)c1ccc2c(c1)NC(=O)CS2. The monoisotopic (exact) mass is 263 g/mol. The predicted octanol–water partition coefficient (Wildman–Crippen LogP) is 1.66. The highest BCUT2D eigenvalue weighted by atomic mass is 32.2. The van der Waals surface area contributed by atoms with Gasteiger partial charge >= 0.3 is 0 Å². The average Bonchev–Trinajstić information content (AvgIpc) is 3.05. The summed E-state index contributed by atoms with van der Waals surface area (Å²) < 4.78 is 0. The van der Waals surface area contributed by atoms with Crippen LogP contribution in [0.25, 0.3) is 0 Å². The summed E-state index contributed by atoms with van der Waals surface area (Å²) in [5.74, 6) is 0.582. The van der Waals surface area contributed by atoms with Crippen molar-refractivity contribution in [3.8, 4) is 0 Å². The molecule has 5 heteroatoms. The van der Waals surface area contributed by atoms with Crippen molar-refractivity contribution in [1.82, 2.24) is 0 Å². The number of thioether (sulfide) groups is 1. The molecule has 1 heterocycles. The maximum absolute atomic E-state index is 11.4. The van der Waals surface area contributed by atoms with Crippen molar-refractivity contribution >= 4 is 29.0 Å². The lowest BCUT2D eigenvalue weighted by atomic mass is 10.2. The van der Waals surface area contributed by atoms with Crippen molar-refractivity contribution in [3.05, 3.63) is 18.2 Å². The van der Waals surface area contributed by atoms with Gasteiger partial charge in [0.1, 0.15) is 0 Å². The molecular weight excluding hydrogens is 246 g/mol. The van der Waals surface area contributed by atoms with Crippen LogP contribution >= 0.6 is 11.8 Å². The van der Waals surface area contributed by atoms with Gasteiger partial charge in [0.15, 0.2) is 0 Å². The number of anilines is 2. The minimum absolute atomic E-state index is 0.00263. The molecule has 0 bridgehead atoms. The number of fused-ring (bicyclic) bond motifs is 1. The highest BCUT2D eigenvalue weighted by Crippen LogP contribution is 2.37. The summed E-state index contributed by atoms with van der Waals surface area (Å²) in [5.41, 5.74) is 8.16. The minimum Gasteiger partial charge on any atom is -0.373 e. The molecule has 0 saturated heterocycles. The first-order chi connectivity index (χ1) is 8.56. The smallest absolute Gasteiger partial charge is 0.234 e. The molecule has 1 aliphatic carbocycles. The van der Waals surface area contributed by atoms with E-state index in [4.69, 9.17) is 5.73 Å². The van der Waals surface area contributed by atoms with E-state index >= 15 is 0 Å². The second-order valence-electron chi connectivity index (χ2n) is 5.24. The van der Waals surface area contributed by atoms with Crippen LogP contribution < -0.4 is 16.0 Å². The third-order valence-corrected chi connectivity index (χ3v) is 4.55. The molecule has 3 N–H and O–H groups in total. The van der Waals surface area contributed by atoms with E-state index in [1.807, 2.05) is 13.1 Å². The summed E-state index contributed by atoms with van der Waals surface area (Å²) in [6.45, 7) is 0.868. The largest absolute Gasteiger partial charge is 0.373 e. The van der Waals surface area contributed by atoms with Crippen LogP contribution in [-0.4, -0.2) is 30.8 Å². The van der Waals surface area contributed by atoms with E-state index in [-0.39, 0.29) is 11.4 Å². The van der Waals surface area contributed by atoms with Gasteiger partial charge in [-0.3, -0.25) is 4.79 Å². The molecule has 2 aliphatic rings. The van der Waals surface area contributed by atoms with Gasteiger partial charge in [-0.15, -0.1) is 11.8 Å².